The van der Waals surface area contributed by atoms with Gasteiger partial charge in [0, 0.05) is 48.6 Å². The molecular formula is C28H30F3N3O3. The van der Waals surface area contributed by atoms with Crippen LogP contribution in [-0.2, 0) is 17.6 Å². The Labute approximate surface area is 214 Å². The van der Waals surface area contributed by atoms with E-state index in [0.29, 0.717) is 28.8 Å². The van der Waals surface area contributed by atoms with E-state index in [0.717, 1.165) is 43.2 Å². The average Bonchev–Trinajstić information content (AvgIpc) is 2.84. The van der Waals surface area contributed by atoms with Gasteiger partial charge >= 0.3 is 5.97 Å². The van der Waals surface area contributed by atoms with Crippen molar-refractivity contribution in [2.75, 3.05) is 24.6 Å². The van der Waals surface area contributed by atoms with Crippen LogP contribution in [0.25, 0.3) is 11.3 Å². The topological polar surface area (TPSA) is 75.6 Å². The molecule has 0 spiro atoms. The third-order valence-corrected chi connectivity index (χ3v) is 6.87. The number of ether oxygens (including phenoxy) is 1. The quantitative estimate of drug-likeness (QED) is 0.387. The van der Waals surface area contributed by atoms with Crippen molar-refractivity contribution in [3.05, 3.63) is 70.9 Å². The largest absolute Gasteiger partial charge is 0.492 e. The summed E-state index contributed by atoms with van der Waals surface area (Å²) >= 11 is 0. The number of benzene rings is 1. The lowest BCUT2D eigenvalue weighted by Gasteiger charge is -2.40. The standard InChI is InChI=1S/C28H30F3N3O3/c1-17-20(13-26(35)36)27(34-9-7-28(2,3)8-10-34)21(16-32-17)25-5-4-19(15-33-25)37-11-6-18-12-23(30)24(31)14-22(18)29/h4-5,12,14-16H,6-11,13H2,1-3H3,(H,35,36). The van der Waals surface area contributed by atoms with Crippen molar-refractivity contribution >= 4 is 11.7 Å². The number of piperidine rings is 1. The van der Waals surface area contributed by atoms with E-state index in [4.69, 9.17) is 4.74 Å². The molecule has 0 radical (unpaired) electrons. The summed E-state index contributed by atoms with van der Waals surface area (Å²) in [5.41, 5.74) is 3.83. The van der Waals surface area contributed by atoms with Gasteiger partial charge in [-0.1, -0.05) is 13.8 Å². The number of nitrogens with zero attached hydrogens (tertiary/aromatic N) is 3. The second kappa shape index (κ2) is 10.8. The number of hydrogen-bond donors (Lipinski definition) is 1. The number of hydrogen-bond acceptors (Lipinski definition) is 5. The summed E-state index contributed by atoms with van der Waals surface area (Å²) in [6, 6.07) is 4.83. The zero-order valence-electron chi connectivity index (χ0n) is 21.2. The number of aromatic nitrogens is 2. The smallest absolute Gasteiger partial charge is 0.307 e. The van der Waals surface area contributed by atoms with Gasteiger partial charge in [0.15, 0.2) is 11.6 Å². The normalized spacial score (nSPS) is 15.0. The van der Waals surface area contributed by atoms with Gasteiger partial charge in [0.2, 0.25) is 0 Å². The molecule has 0 bridgehead atoms. The molecule has 1 fully saturated rings. The van der Waals surface area contributed by atoms with E-state index >= 15 is 0 Å². The zero-order valence-corrected chi connectivity index (χ0v) is 21.2. The van der Waals surface area contributed by atoms with Crippen molar-refractivity contribution < 1.29 is 27.8 Å². The lowest BCUT2D eigenvalue weighted by atomic mass is 9.82. The minimum Gasteiger partial charge on any atom is -0.492 e. The minimum absolute atomic E-state index is 0.0227. The molecule has 0 amide bonds. The molecule has 1 aromatic carbocycles. The van der Waals surface area contributed by atoms with E-state index in [1.54, 1.807) is 18.3 Å². The first kappa shape index (κ1) is 26.4. The summed E-state index contributed by atoms with van der Waals surface area (Å²) in [6.07, 6.45) is 5.14. The van der Waals surface area contributed by atoms with Gasteiger partial charge in [-0.3, -0.25) is 14.8 Å². The first-order chi connectivity index (χ1) is 17.5. The number of halogens is 3. The summed E-state index contributed by atoms with van der Waals surface area (Å²) < 4.78 is 46.0. The molecule has 0 unspecified atom stereocenters. The van der Waals surface area contributed by atoms with Crippen LogP contribution in [0.1, 0.15) is 43.5 Å². The number of aliphatic carboxylic acids is 1. The molecule has 1 aliphatic rings. The van der Waals surface area contributed by atoms with Gasteiger partial charge < -0.3 is 14.7 Å². The maximum Gasteiger partial charge on any atom is 0.307 e. The highest BCUT2D eigenvalue weighted by Gasteiger charge is 2.29. The summed E-state index contributed by atoms with van der Waals surface area (Å²) in [5.74, 6) is -3.65. The SMILES string of the molecule is Cc1ncc(-c2ccc(OCCc3cc(F)c(F)cc3F)cn2)c(N2CCC(C)(C)CC2)c1CC(=O)O. The zero-order chi connectivity index (χ0) is 26.7. The van der Waals surface area contributed by atoms with E-state index < -0.39 is 23.4 Å². The number of carbonyl (C=O) groups is 1. The van der Waals surface area contributed by atoms with E-state index in [1.165, 1.54) is 6.20 Å². The summed E-state index contributed by atoms with van der Waals surface area (Å²) in [5, 5.41) is 9.56. The Morgan fingerprint density at radius 2 is 1.76 bits per heavy atom. The number of aryl methyl sites for hydroxylation is 1. The summed E-state index contributed by atoms with van der Waals surface area (Å²) in [6.45, 7) is 7.95. The van der Waals surface area contributed by atoms with Crippen LogP contribution in [0.15, 0.2) is 36.7 Å². The van der Waals surface area contributed by atoms with Crippen molar-refractivity contribution in [2.45, 2.75) is 46.5 Å². The van der Waals surface area contributed by atoms with Crippen LogP contribution in [0, 0.1) is 29.8 Å². The minimum atomic E-state index is -1.23. The van der Waals surface area contributed by atoms with Gasteiger partial charge in [-0.25, -0.2) is 13.2 Å². The lowest BCUT2D eigenvalue weighted by Crippen LogP contribution is -2.38. The van der Waals surface area contributed by atoms with Gasteiger partial charge in [-0.15, -0.1) is 0 Å². The van der Waals surface area contributed by atoms with Gasteiger partial charge in [-0.05, 0) is 48.9 Å². The molecule has 1 N–H and O–H groups in total. The Morgan fingerprint density at radius 3 is 2.41 bits per heavy atom. The number of carboxylic acid groups (broad SMARTS) is 1. The third kappa shape index (κ3) is 6.21. The van der Waals surface area contributed by atoms with E-state index in [1.807, 2.05) is 6.92 Å². The van der Waals surface area contributed by atoms with Crippen molar-refractivity contribution in [2.24, 2.45) is 5.41 Å². The van der Waals surface area contributed by atoms with Crippen LogP contribution in [0.5, 0.6) is 5.75 Å². The second-order valence-electron chi connectivity index (χ2n) is 10.1. The third-order valence-electron chi connectivity index (χ3n) is 6.87. The lowest BCUT2D eigenvalue weighted by molar-refractivity contribution is -0.136. The molecule has 6 nitrogen and oxygen atoms in total. The number of anilines is 1. The molecule has 3 aromatic rings. The van der Waals surface area contributed by atoms with Crippen LogP contribution < -0.4 is 9.64 Å². The molecule has 196 valence electrons. The van der Waals surface area contributed by atoms with Gasteiger partial charge in [-0.2, -0.15) is 0 Å². The fourth-order valence-electron chi connectivity index (χ4n) is 4.54. The molecule has 4 rings (SSSR count). The van der Waals surface area contributed by atoms with Crippen molar-refractivity contribution in [3.63, 3.8) is 0 Å². The van der Waals surface area contributed by atoms with Crippen molar-refractivity contribution in [3.8, 4) is 17.0 Å². The van der Waals surface area contributed by atoms with Gasteiger partial charge in [0.25, 0.3) is 0 Å². The number of carboxylic acids is 1. The van der Waals surface area contributed by atoms with Crippen LogP contribution in [-0.4, -0.2) is 40.7 Å². The fourth-order valence-corrected chi connectivity index (χ4v) is 4.54. The Balaban J connectivity index is 1.56. The fraction of sp³-hybridized carbons (Fsp3) is 0.393. The van der Waals surface area contributed by atoms with Gasteiger partial charge in [0.1, 0.15) is 11.6 Å². The molecule has 1 aliphatic heterocycles. The van der Waals surface area contributed by atoms with E-state index in [9.17, 15) is 23.1 Å². The van der Waals surface area contributed by atoms with E-state index in [2.05, 4.69) is 28.7 Å². The molecule has 0 saturated carbocycles. The van der Waals surface area contributed by atoms with Crippen molar-refractivity contribution in [1.29, 1.82) is 0 Å². The highest BCUT2D eigenvalue weighted by atomic mass is 19.2. The van der Waals surface area contributed by atoms with Gasteiger partial charge in [0.05, 0.1) is 30.6 Å². The van der Waals surface area contributed by atoms with Crippen LogP contribution in [0.4, 0.5) is 18.9 Å². The van der Waals surface area contributed by atoms with Crippen molar-refractivity contribution in [1.82, 2.24) is 9.97 Å². The molecule has 37 heavy (non-hydrogen) atoms. The predicted octanol–water partition coefficient (Wildman–Crippen LogP) is 5.74. The van der Waals surface area contributed by atoms with Crippen LogP contribution in [0.2, 0.25) is 0 Å². The summed E-state index contributed by atoms with van der Waals surface area (Å²) in [4.78, 5) is 22.9. The molecule has 1 saturated heterocycles. The Kier molecular flexibility index (Phi) is 7.71. The highest BCUT2D eigenvalue weighted by molar-refractivity contribution is 5.83. The average molecular weight is 514 g/mol. The number of rotatable bonds is 8. The molecule has 0 atom stereocenters. The number of pyridine rings is 2. The van der Waals surface area contributed by atoms with Crippen LogP contribution >= 0.6 is 0 Å². The Bertz CT molecular complexity index is 1290. The highest BCUT2D eigenvalue weighted by Crippen LogP contribution is 2.39. The Hall–Kier alpha value is -3.62. The molecular weight excluding hydrogens is 483 g/mol. The van der Waals surface area contributed by atoms with Crippen LogP contribution in [0.3, 0.4) is 0 Å². The monoisotopic (exact) mass is 513 g/mol. The first-order valence-corrected chi connectivity index (χ1v) is 12.2. The predicted molar refractivity (Wildman–Crippen MR) is 134 cm³/mol. The molecule has 2 aromatic heterocycles. The molecule has 0 aliphatic carbocycles. The van der Waals surface area contributed by atoms with E-state index in [-0.39, 0.29) is 30.4 Å². The Morgan fingerprint density at radius 1 is 1.05 bits per heavy atom. The first-order valence-electron chi connectivity index (χ1n) is 12.2. The maximum atomic E-state index is 13.8. The molecule has 9 heteroatoms. The second-order valence-corrected chi connectivity index (χ2v) is 10.1. The molecule has 3 heterocycles. The maximum absolute atomic E-state index is 13.8. The summed E-state index contributed by atoms with van der Waals surface area (Å²) in [7, 11) is 0.